The molecule has 0 spiro atoms. The van der Waals surface area contributed by atoms with E-state index in [-0.39, 0.29) is 17.8 Å². The smallest absolute Gasteiger partial charge is 0.237 e. The van der Waals surface area contributed by atoms with Crippen molar-refractivity contribution in [2.45, 2.75) is 44.3 Å². The van der Waals surface area contributed by atoms with Crippen molar-refractivity contribution in [3.05, 3.63) is 54.1 Å². The summed E-state index contributed by atoms with van der Waals surface area (Å²) in [5, 5.41) is 4.43. The van der Waals surface area contributed by atoms with Gasteiger partial charge < -0.3 is 15.1 Å². The highest BCUT2D eigenvalue weighted by Gasteiger charge is 2.33. The van der Waals surface area contributed by atoms with Gasteiger partial charge in [-0.1, -0.05) is 12.1 Å². The fraction of sp³-hybridized carbons (Fsp3) is 0.400. The predicted molar refractivity (Wildman–Crippen MR) is 124 cm³/mol. The van der Waals surface area contributed by atoms with Crippen molar-refractivity contribution in [3.63, 3.8) is 0 Å². The molecule has 0 radical (unpaired) electrons. The molecule has 1 heterocycles. The molecule has 2 fully saturated rings. The normalized spacial score (nSPS) is 15.9. The Morgan fingerprint density at radius 1 is 1.06 bits per heavy atom. The first-order valence-corrected chi connectivity index (χ1v) is 11.2. The Hall–Kier alpha value is -3.06. The van der Waals surface area contributed by atoms with Gasteiger partial charge in [0, 0.05) is 29.6 Å². The van der Waals surface area contributed by atoms with Gasteiger partial charge in [-0.3, -0.25) is 4.79 Å². The molecule has 6 nitrogen and oxygen atoms in total. The number of hydrogen-bond acceptors (Lipinski definition) is 5. The zero-order valence-electron chi connectivity index (χ0n) is 18.5. The van der Waals surface area contributed by atoms with E-state index in [0.717, 1.165) is 53.5 Å². The Kier molecular flexibility index (Phi) is 5.51. The number of carbonyl (C=O) groups is 1. The van der Waals surface area contributed by atoms with Crippen LogP contribution in [0.5, 0.6) is 0 Å². The molecule has 1 aromatic heterocycles. The number of benzene rings is 2. The first kappa shape index (κ1) is 20.8. The molecule has 2 aliphatic carbocycles. The van der Waals surface area contributed by atoms with E-state index >= 15 is 0 Å². The number of rotatable bonds is 8. The molecule has 166 valence electrons. The second kappa shape index (κ2) is 8.47. The summed E-state index contributed by atoms with van der Waals surface area (Å²) in [5.74, 6) is 0.606. The number of likely N-dealkylation sites (N-methyl/N-ethyl adjacent to an activating group) is 1. The Morgan fingerprint density at radius 3 is 2.53 bits per heavy atom. The van der Waals surface area contributed by atoms with Crippen molar-refractivity contribution < 1.29 is 9.18 Å². The molecule has 0 saturated heterocycles. The largest absolute Gasteiger partial charge is 0.367 e. The first-order valence-electron chi connectivity index (χ1n) is 11.2. The van der Waals surface area contributed by atoms with Gasteiger partial charge in [0.15, 0.2) is 0 Å². The number of carbonyl (C=O) groups excluding carboxylic acids is 1. The lowest BCUT2D eigenvalue weighted by atomic mass is 10.0. The minimum absolute atomic E-state index is 0.0425. The third kappa shape index (κ3) is 4.58. The number of nitrogens with one attached hydrogen (secondary N) is 1. The van der Waals surface area contributed by atoms with Gasteiger partial charge >= 0.3 is 0 Å². The van der Waals surface area contributed by atoms with Crippen LogP contribution >= 0.6 is 0 Å². The van der Waals surface area contributed by atoms with Crippen molar-refractivity contribution in [1.82, 2.24) is 19.8 Å². The Balaban J connectivity index is 1.45. The highest BCUT2D eigenvalue weighted by Crippen LogP contribution is 2.33. The van der Waals surface area contributed by atoms with E-state index < -0.39 is 0 Å². The summed E-state index contributed by atoms with van der Waals surface area (Å²) in [6.07, 6.45) is 5.89. The van der Waals surface area contributed by atoms with Gasteiger partial charge in [0.05, 0.1) is 12.1 Å². The third-order valence-corrected chi connectivity index (χ3v) is 6.03. The van der Waals surface area contributed by atoms with Crippen molar-refractivity contribution in [3.8, 4) is 11.1 Å². The highest BCUT2D eigenvalue weighted by molar-refractivity contribution is 5.92. The van der Waals surface area contributed by atoms with Crippen LogP contribution in [0.4, 0.5) is 10.2 Å². The number of aromatic nitrogens is 2. The summed E-state index contributed by atoms with van der Waals surface area (Å²) >= 11 is 0. The van der Waals surface area contributed by atoms with Crippen LogP contribution in [0.3, 0.4) is 0 Å². The van der Waals surface area contributed by atoms with Crippen molar-refractivity contribution >= 4 is 22.6 Å². The maximum absolute atomic E-state index is 14.7. The molecule has 32 heavy (non-hydrogen) atoms. The van der Waals surface area contributed by atoms with Gasteiger partial charge in [-0.15, -0.1) is 0 Å². The van der Waals surface area contributed by atoms with Gasteiger partial charge in [0.2, 0.25) is 5.91 Å². The van der Waals surface area contributed by atoms with E-state index in [1.807, 2.05) is 42.1 Å². The molecule has 0 bridgehead atoms. The summed E-state index contributed by atoms with van der Waals surface area (Å²) in [6.45, 7) is 0.626. The number of hydrogen-bond donors (Lipinski definition) is 1. The highest BCUT2D eigenvalue weighted by atomic mass is 19.1. The topological polar surface area (TPSA) is 61.4 Å². The molecular weight excluding hydrogens is 405 g/mol. The average molecular weight is 434 g/mol. The second-order valence-corrected chi connectivity index (χ2v) is 9.17. The molecule has 0 aliphatic heterocycles. The lowest BCUT2D eigenvalue weighted by molar-refractivity contribution is -0.133. The van der Waals surface area contributed by atoms with Crippen molar-refractivity contribution in [1.29, 1.82) is 0 Å². The molecule has 1 amide bonds. The van der Waals surface area contributed by atoms with Crippen LogP contribution in [0.1, 0.15) is 31.2 Å². The van der Waals surface area contributed by atoms with Gasteiger partial charge in [0.25, 0.3) is 0 Å². The van der Waals surface area contributed by atoms with E-state index in [1.54, 1.807) is 12.4 Å². The van der Waals surface area contributed by atoms with Crippen LogP contribution in [0, 0.1) is 5.82 Å². The molecule has 7 heteroatoms. The van der Waals surface area contributed by atoms with Gasteiger partial charge in [-0.05, 0) is 75.2 Å². The molecule has 2 aliphatic rings. The Morgan fingerprint density at radius 2 is 1.81 bits per heavy atom. The summed E-state index contributed by atoms with van der Waals surface area (Å²) in [6, 6.07) is 11.9. The number of halogens is 1. The minimum Gasteiger partial charge on any atom is -0.367 e. The van der Waals surface area contributed by atoms with Gasteiger partial charge in [-0.2, -0.15) is 0 Å². The number of anilines is 1. The monoisotopic (exact) mass is 433 g/mol. The lowest BCUT2D eigenvalue weighted by Gasteiger charge is -2.25. The Bertz CT molecular complexity index is 1160. The number of nitrogens with zero attached hydrogens (tertiary/aromatic N) is 4. The zero-order valence-corrected chi connectivity index (χ0v) is 18.5. The maximum atomic E-state index is 14.7. The lowest BCUT2D eigenvalue weighted by Crippen LogP contribution is -2.39. The van der Waals surface area contributed by atoms with Gasteiger partial charge in [0.1, 0.15) is 18.0 Å². The van der Waals surface area contributed by atoms with Crippen LogP contribution in [-0.2, 0) is 11.3 Å². The second-order valence-electron chi connectivity index (χ2n) is 9.17. The SMILES string of the molecule is CN(C)CC(=O)N(Cc1cc(-c2ccc3ncnc(NC4CC4)c3c2)ccc1F)C1CC1. The van der Waals surface area contributed by atoms with Gasteiger partial charge in [-0.25, -0.2) is 14.4 Å². The van der Waals surface area contributed by atoms with Crippen LogP contribution in [0.15, 0.2) is 42.7 Å². The molecular formula is C25H28FN5O. The van der Waals surface area contributed by atoms with E-state index in [0.29, 0.717) is 24.7 Å². The quantitative estimate of drug-likeness (QED) is 0.580. The van der Waals surface area contributed by atoms with E-state index in [4.69, 9.17) is 0 Å². The average Bonchev–Trinajstić information content (AvgIpc) is 3.68. The fourth-order valence-corrected chi connectivity index (χ4v) is 4.00. The molecule has 0 atom stereocenters. The number of amides is 1. The van der Waals surface area contributed by atoms with Crippen LogP contribution in [0.2, 0.25) is 0 Å². The molecule has 1 N–H and O–H groups in total. The standard InChI is InChI=1S/C25H28FN5O/c1-30(2)14-24(32)31(20-7-8-20)13-18-11-16(3-9-22(18)26)17-4-10-23-21(12-17)25(28-15-27-23)29-19-5-6-19/h3-4,9-12,15,19-20H,5-8,13-14H2,1-2H3,(H,27,28,29). The zero-order chi connectivity index (χ0) is 22.2. The molecule has 5 rings (SSSR count). The minimum atomic E-state index is -0.280. The summed E-state index contributed by atoms with van der Waals surface area (Å²) in [5.41, 5.74) is 3.32. The van der Waals surface area contributed by atoms with Crippen LogP contribution in [0.25, 0.3) is 22.0 Å². The molecule has 3 aromatic rings. The summed E-state index contributed by atoms with van der Waals surface area (Å²) < 4.78 is 14.7. The maximum Gasteiger partial charge on any atom is 0.237 e. The predicted octanol–water partition coefficient (Wildman–Crippen LogP) is 4.06. The summed E-state index contributed by atoms with van der Waals surface area (Å²) in [4.78, 5) is 25.2. The van der Waals surface area contributed by atoms with E-state index in [2.05, 4.69) is 21.4 Å². The van der Waals surface area contributed by atoms with Crippen LogP contribution < -0.4 is 5.32 Å². The molecule has 2 aromatic carbocycles. The fourth-order valence-electron chi connectivity index (χ4n) is 4.00. The number of fused-ring (bicyclic) bond motifs is 1. The van der Waals surface area contributed by atoms with E-state index in [9.17, 15) is 9.18 Å². The van der Waals surface area contributed by atoms with Crippen molar-refractivity contribution in [2.24, 2.45) is 0 Å². The summed E-state index contributed by atoms with van der Waals surface area (Å²) in [7, 11) is 3.75. The van der Waals surface area contributed by atoms with Crippen LogP contribution in [-0.4, -0.2) is 58.4 Å². The Labute approximate surface area is 187 Å². The molecule has 0 unspecified atom stereocenters. The van der Waals surface area contributed by atoms with Crippen molar-refractivity contribution in [2.75, 3.05) is 26.0 Å². The van der Waals surface area contributed by atoms with E-state index in [1.165, 1.54) is 6.07 Å². The first-order chi connectivity index (χ1) is 15.5. The molecule has 2 saturated carbocycles. The third-order valence-electron chi connectivity index (χ3n) is 6.03.